The van der Waals surface area contributed by atoms with Crippen molar-refractivity contribution >= 4 is 6.09 Å². The van der Waals surface area contributed by atoms with Crippen LogP contribution in [0.4, 0.5) is 9.18 Å². The monoisotopic (exact) mass is 311 g/mol. The number of amides is 1. The van der Waals surface area contributed by atoms with Crippen molar-refractivity contribution in [2.75, 3.05) is 6.54 Å². The molecule has 0 aliphatic carbocycles. The average Bonchev–Trinajstić information content (AvgIpc) is 2.40. The van der Waals surface area contributed by atoms with E-state index in [0.717, 1.165) is 0 Å². The standard InChI is InChI=1S/C16H22FNO4/c1-15(2,3)12-13(19)16(22,8-9-18(12)14(20)21)10-4-6-11(17)7-5-10/h4-7,12-13,19,22H,8-9H2,1-3H3,(H,20,21)/t12?,13-,16-/m0/s1. The molecule has 1 amide bonds. The van der Waals surface area contributed by atoms with Crippen molar-refractivity contribution < 1.29 is 24.5 Å². The van der Waals surface area contributed by atoms with Crippen molar-refractivity contribution in [1.82, 2.24) is 4.90 Å². The number of carboxylic acid groups (broad SMARTS) is 1. The van der Waals surface area contributed by atoms with E-state index in [1.165, 1.54) is 29.2 Å². The van der Waals surface area contributed by atoms with Crippen LogP contribution in [-0.2, 0) is 5.60 Å². The van der Waals surface area contributed by atoms with Gasteiger partial charge in [-0.05, 0) is 23.1 Å². The van der Waals surface area contributed by atoms with Crippen LogP contribution in [0.15, 0.2) is 24.3 Å². The maximum absolute atomic E-state index is 13.1. The van der Waals surface area contributed by atoms with Gasteiger partial charge >= 0.3 is 6.09 Å². The zero-order valence-corrected chi connectivity index (χ0v) is 13.0. The number of nitrogens with zero attached hydrogens (tertiary/aromatic N) is 1. The van der Waals surface area contributed by atoms with Gasteiger partial charge in [0.2, 0.25) is 0 Å². The number of aliphatic hydroxyl groups is 2. The number of aliphatic hydroxyl groups excluding tert-OH is 1. The van der Waals surface area contributed by atoms with Crippen molar-refractivity contribution in [2.45, 2.75) is 44.9 Å². The highest BCUT2D eigenvalue weighted by atomic mass is 19.1. The van der Waals surface area contributed by atoms with Gasteiger partial charge in [-0.3, -0.25) is 0 Å². The fraction of sp³-hybridized carbons (Fsp3) is 0.562. The Balaban J connectivity index is 2.44. The van der Waals surface area contributed by atoms with E-state index in [1.807, 2.05) is 20.8 Å². The molecule has 1 aliphatic rings. The maximum Gasteiger partial charge on any atom is 0.407 e. The first kappa shape index (κ1) is 16.7. The van der Waals surface area contributed by atoms with E-state index in [0.29, 0.717) is 5.56 Å². The highest BCUT2D eigenvalue weighted by molar-refractivity contribution is 5.66. The Morgan fingerprint density at radius 2 is 1.86 bits per heavy atom. The maximum atomic E-state index is 13.1. The van der Waals surface area contributed by atoms with Gasteiger partial charge in [0, 0.05) is 13.0 Å². The normalized spacial score (nSPS) is 29.5. The van der Waals surface area contributed by atoms with E-state index >= 15 is 0 Å². The number of likely N-dealkylation sites (tertiary alicyclic amines) is 1. The summed E-state index contributed by atoms with van der Waals surface area (Å²) in [5, 5.41) is 31.0. The van der Waals surface area contributed by atoms with E-state index in [2.05, 4.69) is 0 Å². The van der Waals surface area contributed by atoms with Crippen LogP contribution in [-0.4, -0.2) is 45.0 Å². The minimum absolute atomic E-state index is 0.0542. The molecule has 0 aromatic heterocycles. The van der Waals surface area contributed by atoms with Gasteiger partial charge in [-0.15, -0.1) is 0 Å². The Morgan fingerprint density at radius 1 is 1.32 bits per heavy atom. The van der Waals surface area contributed by atoms with Gasteiger partial charge in [-0.2, -0.15) is 0 Å². The second-order valence-electron chi connectivity index (χ2n) is 6.91. The number of piperidine rings is 1. The van der Waals surface area contributed by atoms with E-state index in [9.17, 15) is 24.5 Å². The van der Waals surface area contributed by atoms with Crippen LogP contribution >= 0.6 is 0 Å². The first-order valence-electron chi connectivity index (χ1n) is 7.23. The molecule has 3 N–H and O–H groups in total. The van der Waals surface area contributed by atoms with E-state index in [4.69, 9.17) is 0 Å². The zero-order chi connectivity index (χ0) is 16.7. The molecule has 2 rings (SSSR count). The molecule has 5 nitrogen and oxygen atoms in total. The summed E-state index contributed by atoms with van der Waals surface area (Å²) in [5.74, 6) is -0.433. The van der Waals surface area contributed by atoms with Gasteiger partial charge in [-0.25, -0.2) is 9.18 Å². The molecule has 1 unspecified atom stereocenters. The Bertz CT molecular complexity index is 554. The number of halogens is 1. The summed E-state index contributed by atoms with van der Waals surface area (Å²) in [4.78, 5) is 12.6. The summed E-state index contributed by atoms with van der Waals surface area (Å²) in [7, 11) is 0. The quantitative estimate of drug-likeness (QED) is 0.742. The third kappa shape index (κ3) is 2.80. The molecule has 0 bridgehead atoms. The van der Waals surface area contributed by atoms with Gasteiger partial charge in [-0.1, -0.05) is 32.9 Å². The van der Waals surface area contributed by atoms with Crippen LogP contribution < -0.4 is 0 Å². The Labute approximate surface area is 129 Å². The first-order valence-corrected chi connectivity index (χ1v) is 7.23. The number of hydrogen-bond donors (Lipinski definition) is 3. The van der Waals surface area contributed by atoms with Crippen LogP contribution in [0.1, 0.15) is 32.8 Å². The third-order valence-corrected chi connectivity index (χ3v) is 4.34. The highest BCUT2D eigenvalue weighted by Gasteiger charge is 2.53. The van der Waals surface area contributed by atoms with Crippen molar-refractivity contribution in [1.29, 1.82) is 0 Å². The minimum Gasteiger partial charge on any atom is -0.465 e. The first-order chi connectivity index (χ1) is 10.1. The second kappa shape index (κ2) is 5.52. The minimum atomic E-state index is -1.60. The number of carbonyl (C=O) groups is 1. The van der Waals surface area contributed by atoms with Crippen LogP contribution in [0.2, 0.25) is 0 Å². The molecule has 0 spiro atoms. The highest BCUT2D eigenvalue weighted by Crippen LogP contribution is 2.42. The van der Waals surface area contributed by atoms with Crippen molar-refractivity contribution in [2.24, 2.45) is 5.41 Å². The lowest BCUT2D eigenvalue weighted by molar-refractivity contribution is -0.165. The molecule has 1 aromatic carbocycles. The molecular weight excluding hydrogens is 289 g/mol. The SMILES string of the molecule is CC(C)(C)C1[C@H](O)[C@@](O)(c2ccc(F)cc2)CCN1C(=O)O. The van der Waals surface area contributed by atoms with Crippen molar-refractivity contribution in [3.8, 4) is 0 Å². The molecule has 0 saturated carbocycles. The Morgan fingerprint density at radius 3 is 2.32 bits per heavy atom. The topological polar surface area (TPSA) is 81.0 Å². The molecule has 1 saturated heterocycles. The molecule has 1 aromatic rings. The van der Waals surface area contributed by atoms with E-state index < -0.39 is 35.1 Å². The molecule has 0 radical (unpaired) electrons. The van der Waals surface area contributed by atoms with E-state index in [-0.39, 0.29) is 13.0 Å². The van der Waals surface area contributed by atoms with Gasteiger partial charge in [0.25, 0.3) is 0 Å². The Hall–Kier alpha value is -1.66. The summed E-state index contributed by atoms with van der Waals surface area (Å²) < 4.78 is 13.1. The molecule has 1 aliphatic heterocycles. The number of benzene rings is 1. The molecule has 6 heteroatoms. The fourth-order valence-corrected chi connectivity index (χ4v) is 3.22. The van der Waals surface area contributed by atoms with E-state index in [1.54, 1.807) is 0 Å². The van der Waals surface area contributed by atoms with Gasteiger partial charge in [0.15, 0.2) is 0 Å². The van der Waals surface area contributed by atoms with Crippen LogP contribution in [0.5, 0.6) is 0 Å². The second-order valence-corrected chi connectivity index (χ2v) is 6.91. The lowest BCUT2D eigenvalue weighted by Crippen LogP contribution is -2.65. The zero-order valence-electron chi connectivity index (χ0n) is 13.0. The van der Waals surface area contributed by atoms with Gasteiger partial charge in [0.1, 0.15) is 17.5 Å². The molecular formula is C16H22FNO4. The van der Waals surface area contributed by atoms with Crippen molar-refractivity contribution in [3.63, 3.8) is 0 Å². The lowest BCUT2D eigenvalue weighted by Gasteiger charge is -2.51. The number of hydrogen-bond acceptors (Lipinski definition) is 3. The third-order valence-electron chi connectivity index (χ3n) is 4.34. The largest absolute Gasteiger partial charge is 0.465 e. The molecule has 22 heavy (non-hydrogen) atoms. The summed E-state index contributed by atoms with van der Waals surface area (Å²) in [6.07, 6.45) is -2.37. The summed E-state index contributed by atoms with van der Waals surface area (Å²) in [5.41, 5.74) is -1.77. The predicted molar refractivity (Wildman–Crippen MR) is 78.9 cm³/mol. The summed E-state index contributed by atoms with van der Waals surface area (Å²) in [6.45, 7) is 5.54. The summed E-state index contributed by atoms with van der Waals surface area (Å²) >= 11 is 0. The van der Waals surface area contributed by atoms with Gasteiger partial charge in [0.05, 0.1) is 6.04 Å². The molecule has 1 heterocycles. The average molecular weight is 311 g/mol. The Kier molecular flexibility index (Phi) is 4.19. The van der Waals surface area contributed by atoms with Crippen LogP contribution in [0.25, 0.3) is 0 Å². The number of rotatable bonds is 1. The van der Waals surface area contributed by atoms with Crippen LogP contribution in [0, 0.1) is 11.2 Å². The lowest BCUT2D eigenvalue weighted by atomic mass is 9.70. The van der Waals surface area contributed by atoms with Gasteiger partial charge < -0.3 is 20.2 Å². The smallest absolute Gasteiger partial charge is 0.407 e. The molecule has 122 valence electrons. The molecule has 3 atom stereocenters. The predicted octanol–water partition coefficient (Wildman–Crippen LogP) is 2.17. The van der Waals surface area contributed by atoms with Crippen LogP contribution in [0.3, 0.4) is 0 Å². The summed E-state index contributed by atoms with van der Waals surface area (Å²) in [6, 6.07) is 4.52. The fourth-order valence-electron chi connectivity index (χ4n) is 3.22. The van der Waals surface area contributed by atoms with Crippen molar-refractivity contribution in [3.05, 3.63) is 35.6 Å². The molecule has 1 fully saturated rings.